The Morgan fingerprint density at radius 3 is 2.52 bits per heavy atom. The van der Waals surface area contributed by atoms with Crippen molar-refractivity contribution in [2.75, 3.05) is 0 Å². The lowest BCUT2D eigenvalue weighted by Gasteiger charge is -2.06. The number of aliphatic hydroxyl groups is 1. The van der Waals surface area contributed by atoms with Crippen molar-refractivity contribution in [2.45, 2.75) is 6.61 Å². The Bertz CT molecular complexity index is 1020. The van der Waals surface area contributed by atoms with Gasteiger partial charge in [0.2, 0.25) is 0 Å². The summed E-state index contributed by atoms with van der Waals surface area (Å²) in [6.07, 6.45) is 1.59. The van der Waals surface area contributed by atoms with Crippen molar-refractivity contribution in [1.29, 1.82) is 0 Å². The molecule has 0 unspecified atom stereocenters. The molecule has 6 nitrogen and oxygen atoms in total. The number of nitrogens with one attached hydrogen (secondary N) is 2. The highest BCUT2D eigenvalue weighted by atomic mass is 16.5. The van der Waals surface area contributed by atoms with Crippen molar-refractivity contribution in [3.05, 3.63) is 71.6 Å². The monoisotopic (exact) mass is 334 g/mol. The Morgan fingerprint density at radius 1 is 1.00 bits per heavy atom. The molecule has 0 spiro atoms. The minimum atomic E-state index is -0.780. The standard InChI is InChI=1S/C19H14N2O4/c22-17-16(18(23)21-19(17)24)14-9-20-15-8-12(6-7-13(14)15)25-10-11-4-2-1-3-5-11/h1-9,20H,10H2,(H2,21,22,23,24). The third-order valence-corrected chi connectivity index (χ3v) is 4.08. The number of benzene rings is 2. The molecule has 0 radical (unpaired) electrons. The number of carbonyl (C=O) groups excluding carboxylic acids is 2. The summed E-state index contributed by atoms with van der Waals surface area (Å²) in [4.78, 5) is 26.3. The molecule has 25 heavy (non-hydrogen) atoms. The summed E-state index contributed by atoms with van der Waals surface area (Å²) in [7, 11) is 0. The molecule has 1 aromatic heterocycles. The number of ether oxygens (including phenoxy) is 1. The first kappa shape index (κ1) is 15.0. The van der Waals surface area contributed by atoms with Gasteiger partial charge in [0.25, 0.3) is 11.8 Å². The summed E-state index contributed by atoms with van der Waals surface area (Å²) in [6.45, 7) is 0.447. The van der Waals surface area contributed by atoms with Gasteiger partial charge in [-0.05, 0) is 17.7 Å². The smallest absolute Gasteiger partial charge is 0.293 e. The lowest BCUT2D eigenvalue weighted by Crippen LogP contribution is -2.22. The van der Waals surface area contributed by atoms with Crippen molar-refractivity contribution in [3.63, 3.8) is 0 Å². The van der Waals surface area contributed by atoms with Crippen LogP contribution < -0.4 is 10.1 Å². The van der Waals surface area contributed by atoms with Crippen LogP contribution in [0, 0.1) is 0 Å². The highest BCUT2D eigenvalue weighted by Crippen LogP contribution is 2.31. The second-order valence-corrected chi connectivity index (χ2v) is 5.69. The van der Waals surface area contributed by atoms with Crippen molar-refractivity contribution < 1.29 is 19.4 Å². The molecule has 0 fully saturated rings. The van der Waals surface area contributed by atoms with Crippen molar-refractivity contribution in [2.24, 2.45) is 0 Å². The number of H-pyrrole nitrogens is 1. The molecule has 1 aliphatic heterocycles. The molecule has 4 rings (SSSR count). The number of aliphatic hydroxyl groups excluding tert-OH is 1. The van der Waals surface area contributed by atoms with Crippen molar-refractivity contribution >= 4 is 28.3 Å². The number of amides is 2. The van der Waals surface area contributed by atoms with E-state index >= 15 is 0 Å². The molecule has 2 amide bonds. The van der Waals surface area contributed by atoms with E-state index in [4.69, 9.17) is 4.74 Å². The average molecular weight is 334 g/mol. The highest BCUT2D eigenvalue weighted by molar-refractivity contribution is 6.36. The SMILES string of the molecule is O=C1NC(=O)C(c2c[nH]c3cc(OCc4ccccc4)ccc23)=C1O. The van der Waals surface area contributed by atoms with Crippen molar-refractivity contribution in [3.8, 4) is 5.75 Å². The third-order valence-electron chi connectivity index (χ3n) is 4.08. The van der Waals surface area contributed by atoms with Crippen LogP contribution in [0.15, 0.2) is 60.5 Å². The number of imide groups is 1. The van der Waals surface area contributed by atoms with Gasteiger partial charge in [0, 0.05) is 28.7 Å². The Hall–Kier alpha value is -3.54. The number of hydrogen-bond donors (Lipinski definition) is 3. The summed E-state index contributed by atoms with van der Waals surface area (Å²) in [5, 5.41) is 12.6. The van der Waals surface area contributed by atoms with Crippen LogP contribution in [0.2, 0.25) is 0 Å². The maximum Gasteiger partial charge on any atom is 0.293 e. The second-order valence-electron chi connectivity index (χ2n) is 5.69. The third kappa shape index (κ3) is 2.63. The van der Waals surface area contributed by atoms with Gasteiger partial charge >= 0.3 is 0 Å². The first-order chi connectivity index (χ1) is 12.1. The molecule has 3 aromatic rings. The number of fused-ring (bicyclic) bond motifs is 1. The topological polar surface area (TPSA) is 91.4 Å². The van der Waals surface area contributed by atoms with Crippen LogP contribution in [0.1, 0.15) is 11.1 Å². The fourth-order valence-electron chi connectivity index (χ4n) is 2.84. The number of hydrogen-bond acceptors (Lipinski definition) is 4. The molecular formula is C19H14N2O4. The van der Waals surface area contributed by atoms with Crippen LogP contribution in [0.5, 0.6) is 5.75 Å². The first-order valence-corrected chi connectivity index (χ1v) is 7.70. The lowest BCUT2D eigenvalue weighted by atomic mass is 10.0. The molecule has 0 atom stereocenters. The fourth-order valence-corrected chi connectivity index (χ4v) is 2.84. The normalized spacial score (nSPS) is 14.2. The molecule has 1 aliphatic rings. The molecule has 124 valence electrons. The van der Waals surface area contributed by atoms with E-state index in [1.807, 2.05) is 36.4 Å². The van der Waals surface area contributed by atoms with Crippen LogP contribution >= 0.6 is 0 Å². The second kappa shape index (κ2) is 5.83. The van der Waals surface area contributed by atoms with E-state index in [0.717, 1.165) is 16.5 Å². The van der Waals surface area contributed by atoms with E-state index in [1.54, 1.807) is 18.3 Å². The van der Waals surface area contributed by atoms with Gasteiger partial charge < -0.3 is 14.8 Å². The average Bonchev–Trinajstić information content (AvgIpc) is 3.14. The first-order valence-electron chi connectivity index (χ1n) is 7.70. The maximum absolute atomic E-state index is 11.9. The molecule has 0 aliphatic carbocycles. The molecular weight excluding hydrogens is 320 g/mol. The van der Waals surface area contributed by atoms with Crippen LogP contribution in [0.25, 0.3) is 16.5 Å². The van der Waals surface area contributed by atoms with E-state index in [-0.39, 0.29) is 5.57 Å². The molecule has 0 saturated heterocycles. The van der Waals surface area contributed by atoms with Gasteiger partial charge in [-0.25, -0.2) is 0 Å². The molecule has 2 heterocycles. The lowest BCUT2D eigenvalue weighted by molar-refractivity contribution is -0.124. The number of aromatic amines is 1. The Balaban J connectivity index is 1.64. The van der Waals surface area contributed by atoms with Gasteiger partial charge in [0.05, 0.1) is 5.57 Å². The maximum atomic E-state index is 11.9. The van der Waals surface area contributed by atoms with E-state index in [2.05, 4.69) is 10.3 Å². The van der Waals surface area contributed by atoms with Crippen molar-refractivity contribution in [1.82, 2.24) is 10.3 Å². The van der Waals surface area contributed by atoms with Crippen LogP contribution in [0.3, 0.4) is 0 Å². The zero-order chi connectivity index (χ0) is 17.4. The Labute approximate surface area is 142 Å². The predicted octanol–water partition coefficient (Wildman–Crippen LogP) is 2.67. The number of rotatable bonds is 4. The quantitative estimate of drug-likeness (QED) is 0.640. The van der Waals surface area contributed by atoms with Crippen LogP contribution in [-0.4, -0.2) is 21.9 Å². The van der Waals surface area contributed by atoms with E-state index in [9.17, 15) is 14.7 Å². The molecule has 3 N–H and O–H groups in total. The van der Waals surface area contributed by atoms with Crippen LogP contribution in [0.4, 0.5) is 0 Å². The summed E-state index contributed by atoms with van der Waals surface area (Å²) >= 11 is 0. The highest BCUT2D eigenvalue weighted by Gasteiger charge is 2.32. The van der Waals surface area contributed by atoms with E-state index in [1.165, 1.54) is 0 Å². The molecule has 0 saturated carbocycles. The fraction of sp³-hybridized carbons (Fsp3) is 0.0526. The Morgan fingerprint density at radius 2 is 1.80 bits per heavy atom. The van der Waals surface area contributed by atoms with Gasteiger partial charge in [-0.15, -0.1) is 0 Å². The summed E-state index contributed by atoms with van der Waals surface area (Å²) in [5.74, 6) is -1.27. The summed E-state index contributed by atoms with van der Waals surface area (Å²) < 4.78 is 5.78. The van der Waals surface area contributed by atoms with Gasteiger partial charge in [0.1, 0.15) is 12.4 Å². The van der Waals surface area contributed by atoms with Gasteiger partial charge in [-0.1, -0.05) is 30.3 Å². The van der Waals surface area contributed by atoms with Crippen LogP contribution in [-0.2, 0) is 16.2 Å². The van der Waals surface area contributed by atoms with E-state index in [0.29, 0.717) is 17.9 Å². The zero-order valence-corrected chi connectivity index (χ0v) is 13.1. The van der Waals surface area contributed by atoms with E-state index < -0.39 is 17.6 Å². The molecule has 6 heteroatoms. The molecule has 0 bridgehead atoms. The number of aromatic nitrogens is 1. The summed E-state index contributed by atoms with van der Waals surface area (Å²) in [6, 6.07) is 15.2. The summed E-state index contributed by atoms with van der Waals surface area (Å²) in [5.41, 5.74) is 2.26. The molecule has 2 aromatic carbocycles. The number of carbonyl (C=O) groups is 2. The predicted molar refractivity (Wildman–Crippen MR) is 91.8 cm³/mol. The largest absolute Gasteiger partial charge is 0.502 e. The van der Waals surface area contributed by atoms with Gasteiger partial charge in [-0.3, -0.25) is 14.9 Å². The minimum Gasteiger partial charge on any atom is -0.502 e. The van der Waals surface area contributed by atoms with Gasteiger partial charge in [-0.2, -0.15) is 0 Å². The van der Waals surface area contributed by atoms with Gasteiger partial charge in [0.15, 0.2) is 5.76 Å². The zero-order valence-electron chi connectivity index (χ0n) is 13.1. The Kier molecular flexibility index (Phi) is 3.50. The minimum absolute atomic E-state index is 0.0193.